The smallest absolute Gasteiger partial charge is 0.329 e. The third kappa shape index (κ3) is 13.8. The van der Waals surface area contributed by atoms with Gasteiger partial charge in [-0.25, -0.2) is 4.57 Å². The van der Waals surface area contributed by atoms with E-state index in [2.05, 4.69) is 10.0 Å². The van der Waals surface area contributed by atoms with Crippen molar-refractivity contribution < 1.29 is 23.0 Å². The van der Waals surface area contributed by atoms with Crippen molar-refractivity contribution in [3.8, 4) is 0 Å². The molecule has 0 heterocycles. The van der Waals surface area contributed by atoms with Gasteiger partial charge in [-0.2, -0.15) is 0 Å². The SMILES string of the molecule is C[N+](C)(C)CCOP(=O)(O)OCCCCCCN=[N+]=[N-]. The monoisotopic (exact) mass is 309 g/mol. The van der Waals surface area contributed by atoms with Gasteiger partial charge in [0.15, 0.2) is 0 Å². The van der Waals surface area contributed by atoms with Crippen LogP contribution in [0.15, 0.2) is 5.11 Å². The Morgan fingerprint density at radius 1 is 1.15 bits per heavy atom. The zero-order valence-corrected chi connectivity index (χ0v) is 13.5. The van der Waals surface area contributed by atoms with Crippen LogP contribution in [-0.4, -0.2) is 56.8 Å². The molecule has 20 heavy (non-hydrogen) atoms. The van der Waals surface area contributed by atoms with Gasteiger partial charge in [0.1, 0.15) is 13.2 Å². The van der Waals surface area contributed by atoms with E-state index < -0.39 is 7.82 Å². The Morgan fingerprint density at radius 2 is 1.75 bits per heavy atom. The highest BCUT2D eigenvalue weighted by Crippen LogP contribution is 2.43. The van der Waals surface area contributed by atoms with Gasteiger partial charge in [0.2, 0.25) is 0 Å². The molecule has 0 aliphatic carbocycles. The van der Waals surface area contributed by atoms with E-state index in [9.17, 15) is 9.46 Å². The van der Waals surface area contributed by atoms with Crippen LogP contribution in [0.2, 0.25) is 0 Å². The van der Waals surface area contributed by atoms with E-state index in [0.717, 1.165) is 19.3 Å². The summed E-state index contributed by atoms with van der Waals surface area (Å²) in [4.78, 5) is 12.1. The van der Waals surface area contributed by atoms with E-state index in [1.807, 2.05) is 21.1 Å². The lowest BCUT2D eigenvalue weighted by atomic mass is 10.2. The van der Waals surface area contributed by atoms with E-state index in [1.165, 1.54) is 0 Å². The molecule has 8 nitrogen and oxygen atoms in total. The summed E-state index contributed by atoms with van der Waals surface area (Å²) in [5.41, 5.74) is 8.08. The third-order valence-electron chi connectivity index (χ3n) is 2.49. The van der Waals surface area contributed by atoms with Gasteiger partial charge in [0.25, 0.3) is 0 Å². The van der Waals surface area contributed by atoms with Gasteiger partial charge in [0.05, 0.1) is 27.7 Å². The molecule has 1 N–H and O–H groups in total. The maximum Gasteiger partial charge on any atom is 0.472 e. The van der Waals surface area contributed by atoms with E-state index in [4.69, 9.17) is 14.6 Å². The van der Waals surface area contributed by atoms with Crippen LogP contribution in [0.25, 0.3) is 10.4 Å². The Hall–Kier alpha value is -0.620. The number of quaternary nitrogens is 1. The molecule has 0 bridgehead atoms. The van der Waals surface area contributed by atoms with E-state index in [-0.39, 0.29) is 13.2 Å². The molecule has 0 spiro atoms. The molecule has 0 saturated heterocycles. The first kappa shape index (κ1) is 19.4. The molecular formula is C11H26N4O4P+. The summed E-state index contributed by atoms with van der Waals surface area (Å²) in [6.07, 6.45) is 3.26. The maximum absolute atomic E-state index is 11.5. The van der Waals surface area contributed by atoms with Gasteiger partial charge in [0, 0.05) is 11.5 Å². The van der Waals surface area contributed by atoms with Gasteiger partial charge in [-0.1, -0.05) is 18.0 Å². The Bertz CT molecular complexity index is 353. The Labute approximate surface area is 120 Å². The molecule has 0 aromatic rings. The number of rotatable bonds is 12. The van der Waals surface area contributed by atoms with Gasteiger partial charge < -0.3 is 9.38 Å². The summed E-state index contributed by atoms with van der Waals surface area (Å²) in [7, 11) is 2.00. The first-order valence-corrected chi connectivity index (χ1v) is 8.19. The molecule has 0 aromatic carbocycles. The average Bonchev–Trinajstić information content (AvgIpc) is 2.30. The van der Waals surface area contributed by atoms with E-state index >= 15 is 0 Å². The first-order valence-electron chi connectivity index (χ1n) is 6.70. The zero-order chi connectivity index (χ0) is 15.5. The van der Waals surface area contributed by atoms with Gasteiger partial charge >= 0.3 is 7.82 Å². The standard InChI is InChI=1S/C11H25N4O4P/c1-15(2,3)9-11-19-20(16,17)18-10-7-5-4-6-8-13-14-12/h4-11H2,1-3H3/p+1. The van der Waals surface area contributed by atoms with Gasteiger partial charge in [-0.05, 0) is 18.4 Å². The summed E-state index contributed by atoms with van der Waals surface area (Å²) in [5, 5.41) is 3.43. The number of azide groups is 1. The number of hydrogen-bond acceptors (Lipinski definition) is 4. The molecule has 0 rings (SSSR count). The predicted molar refractivity (Wildman–Crippen MR) is 77.1 cm³/mol. The Balaban J connectivity index is 3.57. The molecule has 0 radical (unpaired) electrons. The fraction of sp³-hybridized carbons (Fsp3) is 1.00. The first-order chi connectivity index (χ1) is 9.27. The number of hydrogen-bond donors (Lipinski definition) is 1. The van der Waals surface area contributed by atoms with Crippen molar-refractivity contribution in [1.82, 2.24) is 0 Å². The second-order valence-electron chi connectivity index (χ2n) is 5.52. The summed E-state index contributed by atoms with van der Waals surface area (Å²) in [6.45, 7) is 1.50. The van der Waals surface area contributed by atoms with Crippen LogP contribution < -0.4 is 0 Å². The number of nitrogens with zero attached hydrogens (tertiary/aromatic N) is 4. The number of phosphoric ester groups is 1. The predicted octanol–water partition coefficient (Wildman–Crippen LogP) is 2.70. The van der Waals surface area contributed by atoms with Crippen LogP contribution in [0.1, 0.15) is 25.7 Å². The average molecular weight is 309 g/mol. The van der Waals surface area contributed by atoms with Crippen molar-refractivity contribution in [1.29, 1.82) is 0 Å². The molecule has 0 saturated carbocycles. The molecule has 9 heteroatoms. The fourth-order valence-electron chi connectivity index (χ4n) is 1.33. The molecule has 0 aromatic heterocycles. The van der Waals surface area contributed by atoms with Crippen LogP contribution in [0.5, 0.6) is 0 Å². The molecule has 118 valence electrons. The number of likely N-dealkylation sites (N-methyl/N-ethyl adjacent to an activating group) is 1. The second kappa shape index (κ2) is 10.2. The molecular weight excluding hydrogens is 283 g/mol. The highest BCUT2D eigenvalue weighted by atomic mass is 31.2. The minimum Gasteiger partial charge on any atom is -0.329 e. The Kier molecular flexibility index (Phi) is 9.84. The summed E-state index contributed by atoms with van der Waals surface area (Å²) in [6, 6.07) is 0. The molecule has 0 fully saturated rings. The van der Waals surface area contributed by atoms with Crippen molar-refractivity contribution >= 4 is 7.82 Å². The van der Waals surface area contributed by atoms with Crippen LogP contribution in [-0.2, 0) is 13.6 Å². The van der Waals surface area contributed by atoms with Crippen molar-refractivity contribution in [3.05, 3.63) is 10.4 Å². The largest absolute Gasteiger partial charge is 0.472 e. The third-order valence-corrected chi connectivity index (χ3v) is 3.50. The normalized spacial score (nSPS) is 14.6. The van der Waals surface area contributed by atoms with Gasteiger partial charge in [-0.15, -0.1) is 0 Å². The fourth-order valence-corrected chi connectivity index (χ4v) is 2.08. The lowest BCUT2D eigenvalue weighted by molar-refractivity contribution is -0.870. The molecule has 0 aliphatic heterocycles. The zero-order valence-electron chi connectivity index (χ0n) is 12.6. The maximum atomic E-state index is 11.5. The minimum absolute atomic E-state index is 0.184. The number of unbranched alkanes of at least 4 members (excludes halogenated alkanes) is 3. The molecule has 1 unspecified atom stereocenters. The summed E-state index contributed by atoms with van der Waals surface area (Å²) in [5.74, 6) is 0. The van der Waals surface area contributed by atoms with Crippen molar-refractivity contribution in [2.24, 2.45) is 5.11 Å². The minimum atomic E-state index is -3.92. The van der Waals surface area contributed by atoms with Crippen LogP contribution in [0.3, 0.4) is 0 Å². The summed E-state index contributed by atoms with van der Waals surface area (Å²) >= 11 is 0. The lowest BCUT2D eigenvalue weighted by Crippen LogP contribution is -2.37. The van der Waals surface area contributed by atoms with Crippen molar-refractivity contribution in [2.45, 2.75) is 25.7 Å². The van der Waals surface area contributed by atoms with Crippen LogP contribution in [0.4, 0.5) is 0 Å². The molecule has 1 atom stereocenters. The van der Waals surface area contributed by atoms with Crippen molar-refractivity contribution in [2.75, 3.05) is 47.4 Å². The van der Waals surface area contributed by atoms with E-state index in [0.29, 0.717) is 24.0 Å². The summed E-state index contributed by atoms with van der Waals surface area (Å²) < 4.78 is 21.9. The number of phosphoric acid groups is 1. The topological polar surface area (TPSA) is 105 Å². The van der Waals surface area contributed by atoms with Gasteiger partial charge in [-0.3, -0.25) is 9.05 Å². The van der Waals surface area contributed by atoms with Crippen LogP contribution in [0, 0.1) is 0 Å². The second-order valence-corrected chi connectivity index (χ2v) is 6.97. The lowest BCUT2D eigenvalue weighted by Gasteiger charge is -2.24. The van der Waals surface area contributed by atoms with Crippen LogP contribution >= 0.6 is 7.82 Å². The molecule has 0 amide bonds. The quantitative estimate of drug-likeness (QED) is 0.149. The molecule has 0 aliphatic rings. The Morgan fingerprint density at radius 3 is 2.35 bits per heavy atom. The highest BCUT2D eigenvalue weighted by Gasteiger charge is 2.21. The highest BCUT2D eigenvalue weighted by molar-refractivity contribution is 7.47. The van der Waals surface area contributed by atoms with E-state index in [1.54, 1.807) is 0 Å². The van der Waals surface area contributed by atoms with Crippen molar-refractivity contribution in [3.63, 3.8) is 0 Å².